The normalized spacial score (nSPS) is 14.4. The van der Waals surface area contributed by atoms with E-state index in [9.17, 15) is 9.90 Å². The van der Waals surface area contributed by atoms with Crippen molar-refractivity contribution in [1.82, 2.24) is 14.8 Å². The molecule has 0 bridgehead atoms. The van der Waals surface area contributed by atoms with Crippen molar-refractivity contribution >= 4 is 5.97 Å². The van der Waals surface area contributed by atoms with Crippen LogP contribution < -0.4 is 0 Å². The Kier molecular flexibility index (Phi) is 2.95. The van der Waals surface area contributed by atoms with Crippen molar-refractivity contribution in [1.29, 1.82) is 0 Å². The lowest BCUT2D eigenvalue weighted by atomic mass is 9.95. The molecular formula is C11H13N3O3. The molecule has 0 aliphatic heterocycles. The molecule has 6 nitrogen and oxygen atoms in total. The summed E-state index contributed by atoms with van der Waals surface area (Å²) in [5.74, 6) is -0.144. The van der Waals surface area contributed by atoms with Gasteiger partial charge in [-0.2, -0.15) is 0 Å². The summed E-state index contributed by atoms with van der Waals surface area (Å²) in [6.45, 7) is 1.64. The third kappa shape index (κ3) is 2.20. The van der Waals surface area contributed by atoms with Crippen LogP contribution in [0.25, 0.3) is 0 Å². The summed E-state index contributed by atoms with van der Waals surface area (Å²) in [7, 11) is 0. The van der Waals surface area contributed by atoms with Gasteiger partial charge in [0.05, 0.1) is 6.26 Å². The van der Waals surface area contributed by atoms with Crippen LogP contribution in [0.4, 0.5) is 0 Å². The highest BCUT2D eigenvalue weighted by atomic mass is 16.4. The molecule has 0 fully saturated rings. The third-order valence-corrected chi connectivity index (χ3v) is 2.89. The first kappa shape index (κ1) is 11.4. The molecule has 0 aliphatic rings. The second-order valence-corrected chi connectivity index (χ2v) is 4.03. The summed E-state index contributed by atoms with van der Waals surface area (Å²) < 4.78 is 6.69. The number of aryl methyl sites for hydroxylation is 1. The van der Waals surface area contributed by atoms with Gasteiger partial charge >= 0.3 is 5.97 Å². The summed E-state index contributed by atoms with van der Waals surface area (Å²) >= 11 is 0. The van der Waals surface area contributed by atoms with Crippen molar-refractivity contribution in [3.8, 4) is 0 Å². The number of carboxylic acid groups (broad SMARTS) is 1. The van der Waals surface area contributed by atoms with Gasteiger partial charge in [0.1, 0.15) is 24.0 Å². The van der Waals surface area contributed by atoms with E-state index in [-0.39, 0.29) is 0 Å². The zero-order valence-corrected chi connectivity index (χ0v) is 9.41. The van der Waals surface area contributed by atoms with Crippen molar-refractivity contribution in [2.75, 3.05) is 0 Å². The van der Waals surface area contributed by atoms with Gasteiger partial charge in [-0.3, -0.25) is 0 Å². The first-order chi connectivity index (χ1) is 8.13. The van der Waals surface area contributed by atoms with Crippen LogP contribution in [0.3, 0.4) is 0 Å². The van der Waals surface area contributed by atoms with Crippen molar-refractivity contribution in [2.45, 2.75) is 25.3 Å². The predicted octanol–water partition coefficient (Wildman–Crippen LogP) is 1.30. The smallest absolute Gasteiger partial charge is 0.329 e. The molecule has 17 heavy (non-hydrogen) atoms. The van der Waals surface area contributed by atoms with E-state index < -0.39 is 11.5 Å². The molecule has 0 aromatic carbocycles. The minimum atomic E-state index is -1.06. The maximum atomic E-state index is 11.4. The molecule has 1 atom stereocenters. The summed E-state index contributed by atoms with van der Waals surface area (Å²) in [5.41, 5.74) is -1.06. The van der Waals surface area contributed by atoms with Crippen LogP contribution in [0.2, 0.25) is 0 Å². The number of aliphatic carboxylic acids is 1. The monoisotopic (exact) mass is 235 g/mol. The number of nitrogens with zero attached hydrogens (tertiary/aromatic N) is 3. The Balaban J connectivity index is 2.15. The summed E-state index contributed by atoms with van der Waals surface area (Å²) in [6.07, 6.45) is 5.36. The average Bonchev–Trinajstić information content (AvgIpc) is 2.98. The van der Waals surface area contributed by atoms with E-state index in [1.807, 2.05) is 6.07 Å². The quantitative estimate of drug-likeness (QED) is 0.844. The Morgan fingerprint density at radius 3 is 2.76 bits per heavy atom. The van der Waals surface area contributed by atoms with Crippen molar-refractivity contribution in [3.63, 3.8) is 0 Å². The molecule has 2 rings (SSSR count). The second-order valence-electron chi connectivity index (χ2n) is 4.03. The molecule has 2 heterocycles. The van der Waals surface area contributed by atoms with Crippen LogP contribution in [0.5, 0.6) is 0 Å². The van der Waals surface area contributed by atoms with Gasteiger partial charge in [-0.25, -0.2) is 4.79 Å². The van der Waals surface area contributed by atoms with Crippen LogP contribution in [-0.2, 0) is 16.8 Å². The molecule has 2 aromatic rings. The van der Waals surface area contributed by atoms with Crippen LogP contribution >= 0.6 is 0 Å². The van der Waals surface area contributed by atoms with Gasteiger partial charge in [0.2, 0.25) is 0 Å². The Hall–Kier alpha value is -2.11. The largest absolute Gasteiger partial charge is 0.479 e. The predicted molar refractivity (Wildman–Crippen MR) is 58.3 cm³/mol. The second kappa shape index (κ2) is 4.40. The van der Waals surface area contributed by atoms with Crippen molar-refractivity contribution < 1.29 is 14.3 Å². The van der Waals surface area contributed by atoms with Gasteiger partial charge in [0, 0.05) is 6.42 Å². The van der Waals surface area contributed by atoms with Gasteiger partial charge < -0.3 is 14.1 Å². The van der Waals surface area contributed by atoms with Crippen molar-refractivity contribution in [2.24, 2.45) is 0 Å². The molecule has 0 spiro atoms. The highest BCUT2D eigenvalue weighted by Crippen LogP contribution is 2.23. The highest BCUT2D eigenvalue weighted by molar-refractivity contribution is 5.76. The first-order valence-electron chi connectivity index (χ1n) is 5.24. The van der Waals surface area contributed by atoms with Crippen LogP contribution in [-0.4, -0.2) is 25.8 Å². The van der Waals surface area contributed by atoms with Crippen LogP contribution in [0.1, 0.15) is 19.1 Å². The van der Waals surface area contributed by atoms with Gasteiger partial charge in [-0.05, 0) is 25.5 Å². The van der Waals surface area contributed by atoms with Gasteiger partial charge in [-0.1, -0.05) is 0 Å². The zero-order valence-electron chi connectivity index (χ0n) is 9.41. The Morgan fingerprint density at radius 2 is 2.24 bits per heavy atom. The molecule has 6 heteroatoms. The topological polar surface area (TPSA) is 81.1 Å². The number of hydrogen-bond donors (Lipinski definition) is 1. The first-order valence-corrected chi connectivity index (χ1v) is 5.24. The fourth-order valence-corrected chi connectivity index (χ4v) is 1.62. The fourth-order valence-electron chi connectivity index (χ4n) is 1.62. The molecule has 0 radical (unpaired) electrons. The SMILES string of the molecule is CC(CCc1ccco1)(C(=O)O)n1cnnc1. The number of rotatable bonds is 5. The molecule has 0 saturated heterocycles. The number of hydrogen-bond acceptors (Lipinski definition) is 4. The lowest BCUT2D eigenvalue weighted by Crippen LogP contribution is -2.38. The average molecular weight is 235 g/mol. The Bertz CT molecular complexity index is 478. The van der Waals surface area contributed by atoms with E-state index in [0.29, 0.717) is 12.8 Å². The molecule has 90 valence electrons. The molecule has 1 N–H and O–H groups in total. The molecule has 2 aromatic heterocycles. The summed E-state index contributed by atoms with van der Waals surface area (Å²) in [4.78, 5) is 11.4. The molecule has 1 unspecified atom stereocenters. The number of aromatic nitrogens is 3. The Labute approximate surface area is 97.9 Å². The van der Waals surface area contributed by atoms with E-state index in [4.69, 9.17) is 4.42 Å². The highest BCUT2D eigenvalue weighted by Gasteiger charge is 2.35. The standard InChI is InChI=1S/C11H13N3O3/c1-11(10(15)16,14-7-12-13-8-14)5-4-9-3-2-6-17-9/h2-3,6-8H,4-5H2,1H3,(H,15,16). The van der Waals surface area contributed by atoms with Crippen LogP contribution in [0.15, 0.2) is 35.5 Å². The zero-order chi connectivity index (χ0) is 12.3. The maximum absolute atomic E-state index is 11.4. The minimum absolute atomic E-state index is 0.411. The number of carboxylic acids is 1. The van der Waals surface area contributed by atoms with E-state index >= 15 is 0 Å². The van der Waals surface area contributed by atoms with Gasteiger partial charge in [0.15, 0.2) is 0 Å². The van der Waals surface area contributed by atoms with Gasteiger partial charge in [-0.15, -0.1) is 10.2 Å². The van der Waals surface area contributed by atoms with Crippen molar-refractivity contribution in [3.05, 3.63) is 36.8 Å². The minimum Gasteiger partial charge on any atom is -0.479 e. The lowest BCUT2D eigenvalue weighted by molar-refractivity contribution is -0.147. The molecule has 0 amide bonds. The Morgan fingerprint density at radius 1 is 1.53 bits per heavy atom. The number of furan rings is 1. The lowest BCUT2D eigenvalue weighted by Gasteiger charge is -2.25. The van der Waals surface area contributed by atoms with Crippen LogP contribution in [0, 0.1) is 0 Å². The number of carbonyl (C=O) groups is 1. The van der Waals surface area contributed by atoms with Gasteiger partial charge in [0.25, 0.3) is 0 Å². The van der Waals surface area contributed by atoms with E-state index in [0.717, 1.165) is 5.76 Å². The van der Waals surface area contributed by atoms with E-state index in [1.54, 1.807) is 19.3 Å². The maximum Gasteiger partial charge on any atom is 0.329 e. The summed E-state index contributed by atoms with van der Waals surface area (Å²) in [6, 6.07) is 3.61. The van der Waals surface area contributed by atoms with E-state index in [2.05, 4.69) is 10.2 Å². The van der Waals surface area contributed by atoms with E-state index in [1.165, 1.54) is 17.2 Å². The third-order valence-electron chi connectivity index (χ3n) is 2.89. The summed E-state index contributed by atoms with van der Waals surface area (Å²) in [5, 5.41) is 16.6. The molecule has 0 saturated carbocycles. The molecule has 0 aliphatic carbocycles. The molecular weight excluding hydrogens is 222 g/mol. The fraction of sp³-hybridized carbons (Fsp3) is 0.364.